The third-order valence-corrected chi connectivity index (χ3v) is 6.24. The zero-order chi connectivity index (χ0) is 23.5. The number of hydrogen-bond acceptors (Lipinski definition) is 10. The van der Waals surface area contributed by atoms with Crippen LogP contribution in [0.25, 0.3) is 11.3 Å². The van der Waals surface area contributed by atoms with E-state index in [1.165, 1.54) is 36.7 Å². The maximum absolute atomic E-state index is 12.7. The molecule has 4 rings (SSSR count). The lowest BCUT2D eigenvalue weighted by atomic mass is 10.1. The highest BCUT2D eigenvalue weighted by Gasteiger charge is 2.21. The Balaban J connectivity index is 1.54. The number of amides is 1. The van der Waals surface area contributed by atoms with Gasteiger partial charge in [-0.1, -0.05) is 12.1 Å². The Morgan fingerprint density at radius 1 is 1.15 bits per heavy atom. The molecule has 0 radical (unpaired) electrons. The summed E-state index contributed by atoms with van der Waals surface area (Å²) in [6.07, 6.45) is 1.48. The van der Waals surface area contributed by atoms with Gasteiger partial charge in [-0.3, -0.25) is 30.3 Å². The second-order valence-electron chi connectivity index (χ2n) is 6.57. The smallest absolute Gasteiger partial charge is 0.284 e. The lowest BCUT2D eigenvalue weighted by molar-refractivity contribution is -0.387. The van der Waals surface area contributed by atoms with Gasteiger partial charge >= 0.3 is 0 Å². The molecule has 2 aromatic heterocycles. The van der Waals surface area contributed by atoms with E-state index in [-0.39, 0.29) is 22.1 Å². The Labute approximate surface area is 193 Å². The first-order valence-corrected chi connectivity index (χ1v) is 10.8. The van der Waals surface area contributed by atoms with Crippen LogP contribution in [0.15, 0.2) is 64.2 Å². The van der Waals surface area contributed by atoms with Crippen molar-refractivity contribution in [2.45, 2.75) is 10.1 Å². The highest BCUT2D eigenvalue weighted by molar-refractivity contribution is 7.99. The summed E-state index contributed by atoms with van der Waals surface area (Å²) in [6, 6.07) is 10.1. The van der Waals surface area contributed by atoms with Crippen LogP contribution >= 0.6 is 23.1 Å². The monoisotopic (exact) mass is 483 g/mol. The molecule has 0 fully saturated rings. The fourth-order valence-electron chi connectivity index (χ4n) is 2.76. The normalized spacial score (nSPS) is 10.7. The molecule has 0 aliphatic rings. The molecule has 0 spiro atoms. The third kappa shape index (κ3) is 4.86. The number of non-ortho nitro benzene ring substituents is 1. The summed E-state index contributed by atoms with van der Waals surface area (Å²) < 4.78 is 1.62. The van der Waals surface area contributed by atoms with Gasteiger partial charge in [0.2, 0.25) is 0 Å². The minimum Gasteiger partial charge on any atom is -0.311 e. The molecule has 2 heterocycles. The molecule has 2 aromatic carbocycles. The highest BCUT2D eigenvalue weighted by Crippen LogP contribution is 2.34. The summed E-state index contributed by atoms with van der Waals surface area (Å²) >= 11 is 2.19. The molecule has 12 nitrogen and oxygen atoms in total. The molecule has 4 aromatic rings. The van der Waals surface area contributed by atoms with Crippen molar-refractivity contribution in [1.82, 2.24) is 19.7 Å². The number of aryl methyl sites for hydroxylation is 1. The van der Waals surface area contributed by atoms with Crippen molar-refractivity contribution in [3.8, 4) is 11.3 Å². The summed E-state index contributed by atoms with van der Waals surface area (Å²) in [6.45, 7) is 0. The van der Waals surface area contributed by atoms with Crippen LogP contribution < -0.4 is 5.32 Å². The molecule has 0 aliphatic carbocycles. The van der Waals surface area contributed by atoms with Crippen molar-refractivity contribution >= 4 is 45.5 Å². The SMILES string of the molecule is Cn1cnnc1Sc1ccc(C(=O)Nc2nc(-c3cccc([N+](=O)[O-])c3)cs2)cc1[N+](=O)[O-]. The first-order chi connectivity index (χ1) is 15.8. The van der Waals surface area contributed by atoms with Crippen LogP contribution in [-0.2, 0) is 7.05 Å². The number of aromatic nitrogens is 4. The summed E-state index contributed by atoms with van der Waals surface area (Å²) in [7, 11) is 1.71. The number of benzene rings is 2. The Bertz CT molecular complexity index is 1380. The summed E-state index contributed by atoms with van der Waals surface area (Å²) in [4.78, 5) is 38.7. The van der Waals surface area contributed by atoms with Crippen LogP contribution in [0, 0.1) is 20.2 Å². The van der Waals surface area contributed by atoms with Crippen LogP contribution in [0.4, 0.5) is 16.5 Å². The van der Waals surface area contributed by atoms with E-state index in [1.807, 2.05) is 0 Å². The van der Waals surface area contributed by atoms with Crippen molar-refractivity contribution in [2.24, 2.45) is 7.05 Å². The third-order valence-electron chi connectivity index (χ3n) is 4.37. The molecule has 0 aliphatic heterocycles. The molecule has 0 atom stereocenters. The van der Waals surface area contributed by atoms with Crippen LogP contribution in [0.2, 0.25) is 0 Å². The zero-order valence-electron chi connectivity index (χ0n) is 16.7. The molecule has 14 heteroatoms. The van der Waals surface area contributed by atoms with E-state index in [1.54, 1.807) is 29.1 Å². The molecule has 166 valence electrons. The van der Waals surface area contributed by atoms with E-state index in [9.17, 15) is 25.0 Å². The van der Waals surface area contributed by atoms with E-state index in [4.69, 9.17) is 0 Å². The Kier molecular flexibility index (Phi) is 6.10. The lowest BCUT2D eigenvalue weighted by Gasteiger charge is -2.05. The molecule has 0 saturated carbocycles. The number of nitro benzene ring substituents is 2. The van der Waals surface area contributed by atoms with E-state index in [0.717, 1.165) is 23.1 Å². The number of anilines is 1. The summed E-state index contributed by atoms with van der Waals surface area (Å²) in [5.41, 5.74) is 0.753. The summed E-state index contributed by atoms with van der Waals surface area (Å²) in [5, 5.41) is 35.1. The standard InChI is InChI=1S/C19H13N7O5S2/c1-24-10-20-23-19(24)33-16-6-5-12(8-15(16)26(30)31)17(27)22-18-21-14(9-32-18)11-3-2-4-13(7-11)25(28)29/h2-10H,1H3,(H,21,22,27). The first kappa shape index (κ1) is 22.0. The quantitative estimate of drug-likeness (QED) is 0.301. The molecule has 1 N–H and O–H groups in total. The molecule has 0 saturated heterocycles. The van der Waals surface area contributed by atoms with Gasteiger partial charge in [-0.25, -0.2) is 4.98 Å². The van der Waals surface area contributed by atoms with Crippen molar-refractivity contribution in [3.63, 3.8) is 0 Å². The van der Waals surface area contributed by atoms with Crippen molar-refractivity contribution in [3.05, 3.63) is 80.0 Å². The number of thiazole rings is 1. The number of nitrogens with one attached hydrogen (secondary N) is 1. The number of nitrogens with zero attached hydrogens (tertiary/aromatic N) is 6. The maximum Gasteiger partial charge on any atom is 0.284 e. The van der Waals surface area contributed by atoms with E-state index >= 15 is 0 Å². The predicted octanol–water partition coefficient (Wildman–Crippen LogP) is 4.16. The molecule has 0 unspecified atom stereocenters. The largest absolute Gasteiger partial charge is 0.311 e. The van der Waals surface area contributed by atoms with Gasteiger partial charge in [0.15, 0.2) is 10.3 Å². The van der Waals surface area contributed by atoms with Gasteiger partial charge in [0.25, 0.3) is 17.3 Å². The Hall–Kier alpha value is -4.17. The van der Waals surface area contributed by atoms with Crippen LogP contribution in [0.5, 0.6) is 0 Å². The van der Waals surface area contributed by atoms with Crippen molar-refractivity contribution in [1.29, 1.82) is 0 Å². The average molecular weight is 483 g/mol. The molecule has 33 heavy (non-hydrogen) atoms. The van der Waals surface area contributed by atoms with Crippen LogP contribution in [-0.4, -0.2) is 35.5 Å². The maximum atomic E-state index is 12.7. The zero-order valence-corrected chi connectivity index (χ0v) is 18.4. The molecule has 0 bridgehead atoms. The van der Waals surface area contributed by atoms with E-state index in [0.29, 0.717) is 21.3 Å². The Morgan fingerprint density at radius 2 is 1.97 bits per heavy atom. The minimum absolute atomic E-state index is 0.0716. The number of carbonyl (C=O) groups is 1. The number of hydrogen-bond donors (Lipinski definition) is 1. The summed E-state index contributed by atoms with van der Waals surface area (Å²) in [5.74, 6) is -0.576. The van der Waals surface area contributed by atoms with Gasteiger partial charge in [0.1, 0.15) is 6.33 Å². The second kappa shape index (κ2) is 9.13. The van der Waals surface area contributed by atoms with Crippen molar-refractivity contribution < 1.29 is 14.6 Å². The molecular weight excluding hydrogens is 470 g/mol. The topological polar surface area (TPSA) is 159 Å². The van der Waals surface area contributed by atoms with Crippen LogP contribution in [0.3, 0.4) is 0 Å². The fourth-order valence-corrected chi connectivity index (χ4v) is 4.33. The van der Waals surface area contributed by atoms with Gasteiger partial charge in [-0.05, 0) is 23.9 Å². The molecular formula is C19H13N7O5S2. The van der Waals surface area contributed by atoms with Gasteiger partial charge in [-0.15, -0.1) is 21.5 Å². The van der Waals surface area contributed by atoms with Gasteiger partial charge < -0.3 is 4.57 Å². The highest BCUT2D eigenvalue weighted by atomic mass is 32.2. The number of rotatable bonds is 7. The van der Waals surface area contributed by atoms with Crippen LogP contribution in [0.1, 0.15) is 10.4 Å². The Morgan fingerprint density at radius 3 is 2.67 bits per heavy atom. The lowest BCUT2D eigenvalue weighted by Crippen LogP contribution is -2.12. The minimum atomic E-state index is -0.576. The first-order valence-electron chi connectivity index (χ1n) is 9.14. The molecule has 1 amide bonds. The number of carbonyl (C=O) groups excluding carboxylic acids is 1. The van der Waals surface area contributed by atoms with Crippen molar-refractivity contribution in [2.75, 3.05) is 5.32 Å². The fraction of sp³-hybridized carbons (Fsp3) is 0.0526. The van der Waals surface area contributed by atoms with Gasteiger partial charge in [-0.2, -0.15) is 0 Å². The average Bonchev–Trinajstić information content (AvgIpc) is 3.43. The number of nitro groups is 2. The van der Waals surface area contributed by atoms with E-state index < -0.39 is 15.8 Å². The van der Waals surface area contributed by atoms with Gasteiger partial charge in [0, 0.05) is 41.8 Å². The second-order valence-corrected chi connectivity index (χ2v) is 8.43. The van der Waals surface area contributed by atoms with Gasteiger partial charge in [0.05, 0.1) is 20.4 Å². The predicted molar refractivity (Wildman–Crippen MR) is 120 cm³/mol. The van der Waals surface area contributed by atoms with E-state index in [2.05, 4.69) is 20.5 Å².